The Hall–Kier alpha value is -2.72. The number of aryl methyl sites for hydroxylation is 2. The molecule has 0 aromatic carbocycles. The number of aromatic nitrogens is 3. The number of nitrogens with zero attached hydrogens (tertiary/aromatic N) is 6. The van der Waals surface area contributed by atoms with Crippen LogP contribution >= 0.6 is 0 Å². The molecular formula is C20H22N6O. The van der Waals surface area contributed by atoms with Gasteiger partial charge in [-0.15, -0.1) is 5.10 Å². The Morgan fingerprint density at radius 1 is 1.15 bits per heavy atom. The van der Waals surface area contributed by atoms with Crippen LogP contribution in [0.3, 0.4) is 0 Å². The van der Waals surface area contributed by atoms with Gasteiger partial charge >= 0.3 is 0 Å². The van der Waals surface area contributed by atoms with Gasteiger partial charge < -0.3 is 14.5 Å². The topological polar surface area (TPSA) is 78.2 Å². The molecule has 1 aliphatic carbocycles. The van der Waals surface area contributed by atoms with Crippen molar-refractivity contribution in [3.8, 4) is 6.07 Å². The zero-order valence-electron chi connectivity index (χ0n) is 15.5. The van der Waals surface area contributed by atoms with Crippen LogP contribution in [0.4, 0.5) is 11.6 Å². The molecule has 0 amide bonds. The zero-order chi connectivity index (χ0) is 18.4. The van der Waals surface area contributed by atoms with Crippen molar-refractivity contribution in [3.63, 3.8) is 0 Å². The van der Waals surface area contributed by atoms with Crippen LogP contribution in [0, 0.1) is 11.3 Å². The summed E-state index contributed by atoms with van der Waals surface area (Å²) in [6, 6.07) is 6.76. The quantitative estimate of drug-likeness (QED) is 0.821. The minimum atomic E-state index is 0.317. The smallest absolute Gasteiger partial charge is 0.151 e. The number of hydrogen-bond donors (Lipinski definition) is 0. The Kier molecular flexibility index (Phi) is 3.94. The van der Waals surface area contributed by atoms with Gasteiger partial charge in [0.1, 0.15) is 11.9 Å². The highest BCUT2D eigenvalue weighted by atomic mass is 16.5. The Balaban J connectivity index is 1.33. The van der Waals surface area contributed by atoms with Crippen molar-refractivity contribution in [2.24, 2.45) is 0 Å². The molecule has 2 aliphatic heterocycles. The number of rotatable bonds is 3. The number of ether oxygens (including phenoxy) is 1. The van der Waals surface area contributed by atoms with Crippen molar-refractivity contribution in [3.05, 3.63) is 40.2 Å². The molecule has 0 atom stereocenters. The van der Waals surface area contributed by atoms with Crippen LogP contribution in [-0.4, -0.2) is 48.0 Å². The summed E-state index contributed by atoms with van der Waals surface area (Å²) in [7, 11) is 2.03. The van der Waals surface area contributed by atoms with Crippen molar-refractivity contribution in [2.75, 3.05) is 36.5 Å². The predicted molar refractivity (Wildman–Crippen MR) is 101 cm³/mol. The van der Waals surface area contributed by atoms with Crippen molar-refractivity contribution >= 4 is 11.6 Å². The van der Waals surface area contributed by atoms with Crippen LogP contribution in [-0.2, 0) is 30.6 Å². The molecule has 0 radical (unpaired) electrons. The van der Waals surface area contributed by atoms with Gasteiger partial charge in [0.2, 0.25) is 0 Å². The molecule has 7 heteroatoms. The molecule has 4 heterocycles. The van der Waals surface area contributed by atoms with Crippen LogP contribution in [0.15, 0.2) is 12.1 Å². The first-order valence-electron chi connectivity index (χ1n) is 9.57. The maximum atomic E-state index is 9.57. The van der Waals surface area contributed by atoms with E-state index in [-0.39, 0.29) is 0 Å². The molecule has 2 aromatic heterocycles. The fourth-order valence-corrected chi connectivity index (χ4v) is 4.16. The lowest BCUT2D eigenvalue weighted by molar-refractivity contribution is 0.109. The highest BCUT2D eigenvalue weighted by Gasteiger charge is 2.34. The van der Waals surface area contributed by atoms with Gasteiger partial charge in [-0.2, -0.15) is 10.4 Å². The van der Waals surface area contributed by atoms with Crippen LogP contribution in [0.1, 0.15) is 34.5 Å². The van der Waals surface area contributed by atoms with Gasteiger partial charge in [-0.3, -0.25) is 0 Å². The Morgan fingerprint density at radius 2 is 2.04 bits per heavy atom. The minimum Gasteiger partial charge on any atom is -0.376 e. The number of fused-ring (bicyclic) bond motifs is 2. The fraction of sp³-hybridized carbons (Fsp3) is 0.500. The molecule has 0 unspecified atom stereocenters. The predicted octanol–water partition coefficient (Wildman–Crippen LogP) is 1.63. The summed E-state index contributed by atoms with van der Waals surface area (Å²) in [6.45, 7) is 2.99. The Morgan fingerprint density at radius 3 is 2.89 bits per heavy atom. The molecule has 138 valence electrons. The number of pyridine rings is 1. The summed E-state index contributed by atoms with van der Waals surface area (Å²) in [4.78, 5) is 9.21. The first kappa shape index (κ1) is 16.5. The largest absolute Gasteiger partial charge is 0.376 e. The second-order valence-electron chi connectivity index (χ2n) is 7.58. The van der Waals surface area contributed by atoms with E-state index < -0.39 is 0 Å². The third kappa shape index (κ3) is 2.81. The van der Waals surface area contributed by atoms with Crippen molar-refractivity contribution in [2.45, 2.75) is 38.3 Å². The van der Waals surface area contributed by atoms with Gasteiger partial charge in [0.25, 0.3) is 0 Å². The zero-order valence-corrected chi connectivity index (χ0v) is 15.5. The van der Waals surface area contributed by atoms with Gasteiger partial charge in [-0.05, 0) is 37.0 Å². The highest BCUT2D eigenvalue weighted by Crippen LogP contribution is 2.30. The number of hydrogen-bond acceptors (Lipinski definition) is 7. The monoisotopic (exact) mass is 362 g/mol. The van der Waals surface area contributed by atoms with Gasteiger partial charge in [0, 0.05) is 32.1 Å². The molecule has 27 heavy (non-hydrogen) atoms. The lowest BCUT2D eigenvalue weighted by Crippen LogP contribution is -2.59. The van der Waals surface area contributed by atoms with E-state index in [0.29, 0.717) is 24.8 Å². The molecular weight excluding hydrogens is 340 g/mol. The van der Waals surface area contributed by atoms with Gasteiger partial charge in [-0.1, -0.05) is 0 Å². The molecule has 0 N–H and O–H groups in total. The molecule has 0 bridgehead atoms. The third-order valence-electron chi connectivity index (χ3n) is 5.91. The van der Waals surface area contributed by atoms with E-state index in [1.165, 1.54) is 12.0 Å². The molecule has 2 aromatic rings. The SMILES string of the molecule is CN(c1nc2c(cc1C#N)COCC2)C1CN(c2cc3c(nn2)CCC3)C1. The van der Waals surface area contributed by atoms with Crippen molar-refractivity contribution in [1.82, 2.24) is 15.2 Å². The van der Waals surface area contributed by atoms with Crippen molar-refractivity contribution < 1.29 is 4.74 Å². The first-order valence-corrected chi connectivity index (χ1v) is 9.57. The number of anilines is 2. The summed E-state index contributed by atoms with van der Waals surface area (Å²) in [5, 5.41) is 18.4. The van der Waals surface area contributed by atoms with Gasteiger partial charge in [0.15, 0.2) is 5.82 Å². The Labute approximate surface area is 158 Å². The van der Waals surface area contributed by atoms with E-state index in [1.807, 2.05) is 13.1 Å². The molecule has 1 fully saturated rings. The molecule has 7 nitrogen and oxygen atoms in total. The first-order chi connectivity index (χ1) is 13.2. The van der Waals surface area contributed by atoms with Crippen LogP contribution in [0.5, 0.6) is 0 Å². The van der Waals surface area contributed by atoms with Gasteiger partial charge in [-0.25, -0.2) is 4.98 Å². The van der Waals surface area contributed by atoms with Gasteiger partial charge in [0.05, 0.1) is 36.2 Å². The normalized spacial score (nSPS) is 18.4. The number of likely N-dealkylation sites (N-methyl/N-ethyl adjacent to an activating group) is 1. The van der Waals surface area contributed by atoms with E-state index >= 15 is 0 Å². The third-order valence-corrected chi connectivity index (χ3v) is 5.91. The van der Waals surface area contributed by atoms with E-state index in [4.69, 9.17) is 9.72 Å². The summed E-state index contributed by atoms with van der Waals surface area (Å²) < 4.78 is 5.49. The average molecular weight is 362 g/mol. The molecule has 5 rings (SSSR count). The molecule has 0 spiro atoms. The second-order valence-corrected chi connectivity index (χ2v) is 7.58. The summed E-state index contributed by atoms with van der Waals surface area (Å²) in [5.41, 5.74) is 5.23. The van der Waals surface area contributed by atoms with Crippen LogP contribution in [0.25, 0.3) is 0 Å². The standard InChI is InChI=1S/C20H22N6O/c1-25(20-14(9-21)7-15-12-27-6-5-17(15)22-20)16-10-26(11-16)19-8-13-3-2-4-18(13)23-24-19/h7-8,16H,2-6,10-12H2,1H3. The maximum absolute atomic E-state index is 9.57. The lowest BCUT2D eigenvalue weighted by atomic mass is 10.0. The molecule has 1 saturated heterocycles. The summed E-state index contributed by atoms with van der Waals surface area (Å²) in [5.74, 6) is 1.75. The van der Waals surface area contributed by atoms with Crippen LogP contribution < -0.4 is 9.80 Å². The van der Waals surface area contributed by atoms with E-state index in [0.717, 1.165) is 60.9 Å². The minimum absolute atomic E-state index is 0.317. The molecule has 3 aliphatic rings. The summed E-state index contributed by atoms with van der Waals surface area (Å²) in [6.07, 6.45) is 4.16. The lowest BCUT2D eigenvalue weighted by Gasteiger charge is -2.45. The van der Waals surface area contributed by atoms with E-state index in [2.05, 4.69) is 32.1 Å². The second kappa shape index (κ2) is 6.46. The fourth-order valence-electron chi connectivity index (χ4n) is 4.16. The molecule has 0 saturated carbocycles. The summed E-state index contributed by atoms with van der Waals surface area (Å²) >= 11 is 0. The Bertz CT molecular complexity index is 931. The van der Waals surface area contributed by atoms with Crippen LogP contribution in [0.2, 0.25) is 0 Å². The van der Waals surface area contributed by atoms with E-state index in [9.17, 15) is 5.26 Å². The highest BCUT2D eigenvalue weighted by molar-refractivity contribution is 5.58. The van der Waals surface area contributed by atoms with Crippen molar-refractivity contribution in [1.29, 1.82) is 5.26 Å². The number of nitriles is 1. The average Bonchev–Trinajstić information content (AvgIpc) is 3.13. The maximum Gasteiger partial charge on any atom is 0.151 e. The van der Waals surface area contributed by atoms with E-state index in [1.54, 1.807) is 0 Å².